The van der Waals surface area contributed by atoms with Gasteiger partial charge in [-0.2, -0.15) is 0 Å². The second kappa shape index (κ2) is 5.82. The SMILES string of the molecule is CC(=O)N(CC(=O)NCc1ccccc1F)C1CC1. The predicted molar refractivity (Wildman–Crippen MR) is 68.7 cm³/mol. The Balaban J connectivity index is 1.84. The topological polar surface area (TPSA) is 49.4 Å². The van der Waals surface area contributed by atoms with Crippen LogP contribution < -0.4 is 5.32 Å². The standard InChI is InChI=1S/C14H17FN2O2/c1-10(18)17(12-6-7-12)9-14(19)16-8-11-4-2-3-5-13(11)15/h2-5,12H,6-9H2,1H3,(H,16,19). The first-order valence-electron chi connectivity index (χ1n) is 6.35. The molecule has 0 atom stereocenters. The van der Waals surface area contributed by atoms with Crippen molar-refractivity contribution in [3.63, 3.8) is 0 Å². The van der Waals surface area contributed by atoms with Crippen LogP contribution in [0.2, 0.25) is 0 Å². The smallest absolute Gasteiger partial charge is 0.239 e. The summed E-state index contributed by atoms with van der Waals surface area (Å²) in [4.78, 5) is 24.7. The van der Waals surface area contributed by atoms with Gasteiger partial charge in [0.15, 0.2) is 0 Å². The van der Waals surface area contributed by atoms with Crippen molar-refractivity contribution < 1.29 is 14.0 Å². The van der Waals surface area contributed by atoms with Gasteiger partial charge in [-0.15, -0.1) is 0 Å². The predicted octanol–water partition coefficient (Wildman–Crippen LogP) is 1.45. The third-order valence-corrected chi connectivity index (χ3v) is 3.14. The van der Waals surface area contributed by atoms with E-state index in [9.17, 15) is 14.0 Å². The summed E-state index contributed by atoms with van der Waals surface area (Å²) in [5, 5.41) is 2.63. The van der Waals surface area contributed by atoms with Crippen molar-refractivity contribution in [3.8, 4) is 0 Å². The molecule has 0 bridgehead atoms. The van der Waals surface area contributed by atoms with Crippen molar-refractivity contribution in [1.82, 2.24) is 10.2 Å². The molecule has 0 aromatic heterocycles. The van der Waals surface area contributed by atoms with Gasteiger partial charge in [0.1, 0.15) is 5.82 Å². The molecule has 102 valence electrons. The quantitative estimate of drug-likeness (QED) is 0.875. The lowest BCUT2D eigenvalue weighted by Gasteiger charge is -2.19. The van der Waals surface area contributed by atoms with Gasteiger partial charge in [0.25, 0.3) is 0 Å². The van der Waals surface area contributed by atoms with Gasteiger partial charge >= 0.3 is 0 Å². The number of carbonyl (C=O) groups is 2. The first kappa shape index (κ1) is 13.5. The van der Waals surface area contributed by atoms with Crippen molar-refractivity contribution >= 4 is 11.8 Å². The number of carbonyl (C=O) groups excluding carboxylic acids is 2. The van der Waals surface area contributed by atoms with Gasteiger partial charge in [-0.05, 0) is 18.9 Å². The zero-order chi connectivity index (χ0) is 13.8. The second-order valence-electron chi connectivity index (χ2n) is 4.75. The van der Waals surface area contributed by atoms with Crippen LogP contribution in [0.3, 0.4) is 0 Å². The summed E-state index contributed by atoms with van der Waals surface area (Å²) in [5.74, 6) is -0.692. The number of rotatable bonds is 5. The molecule has 0 aliphatic heterocycles. The van der Waals surface area contributed by atoms with Gasteiger partial charge in [-0.1, -0.05) is 18.2 Å². The molecule has 2 rings (SSSR count). The van der Waals surface area contributed by atoms with Gasteiger partial charge in [0.2, 0.25) is 11.8 Å². The van der Waals surface area contributed by atoms with Crippen LogP contribution in [0.1, 0.15) is 25.3 Å². The fraction of sp³-hybridized carbons (Fsp3) is 0.429. The maximum Gasteiger partial charge on any atom is 0.239 e. The highest BCUT2D eigenvalue weighted by Gasteiger charge is 2.31. The minimum atomic E-state index is -0.339. The third kappa shape index (κ3) is 3.77. The van der Waals surface area contributed by atoms with Gasteiger partial charge in [-0.3, -0.25) is 9.59 Å². The molecule has 1 saturated carbocycles. The molecule has 0 unspecified atom stereocenters. The highest BCUT2D eigenvalue weighted by molar-refractivity contribution is 5.84. The second-order valence-corrected chi connectivity index (χ2v) is 4.75. The highest BCUT2D eigenvalue weighted by Crippen LogP contribution is 2.26. The summed E-state index contributed by atoms with van der Waals surface area (Å²) in [6.07, 6.45) is 1.92. The van der Waals surface area contributed by atoms with Gasteiger partial charge in [0, 0.05) is 25.1 Å². The average Bonchev–Trinajstić information content (AvgIpc) is 3.19. The van der Waals surface area contributed by atoms with E-state index >= 15 is 0 Å². The minimum Gasteiger partial charge on any atom is -0.350 e. The number of hydrogen-bond acceptors (Lipinski definition) is 2. The molecule has 1 N–H and O–H groups in total. The van der Waals surface area contributed by atoms with Crippen LogP contribution in [0.15, 0.2) is 24.3 Å². The molecule has 5 heteroatoms. The zero-order valence-corrected chi connectivity index (χ0v) is 10.9. The molecule has 1 aromatic carbocycles. The van der Waals surface area contributed by atoms with Crippen LogP contribution in [-0.2, 0) is 16.1 Å². The molecule has 0 spiro atoms. The molecule has 1 fully saturated rings. The number of halogens is 1. The average molecular weight is 264 g/mol. The molecule has 1 aromatic rings. The van der Waals surface area contributed by atoms with E-state index in [0.717, 1.165) is 12.8 Å². The number of hydrogen-bond donors (Lipinski definition) is 1. The molecule has 0 radical (unpaired) electrons. The zero-order valence-electron chi connectivity index (χ0n) is 10.9. The van der Waals surface area contributed by atoms with Crippen LogP contribution in [0, 0.1) is 5.82 Å². The number of nitrogens with one attached hydrogen (secondary N) is 1. The lowest BCUT2D eigenvalue weighted by atomic mass is 10.2. The van der Waals surface area contributed by atoms with Crippen molar-refractivity contribution in [2.75, 3.05) is 6.54 Å². The van der Waals surface area contributed by atoms with Crippen LogP contribution in [-0.4, -0.2) is 29.3 Å². The molecule has 19 heavy (non-hydrogen) atoms. The molecule has 4 nitrogen and oxygen atoms in total. The molecule has 1 aliphatic rings. The van der Waals surface area contributed by atoms with Crippen molar-refractivity contribution in [1.29, 1.82) is 0 Å². The maximum atomic E-state index is 13.4. The first-order chi connectivity index (χ1) is 9.08. The Morgan fingerprint density at radius 3 is 2.63 bits per heavy atom. The Morgan fingerprint density at radius 1 is 1.37 bits per heavy atom. The van der Waals surface area contributed by atoms with Gasteiger partial charge in [0.05, 0.1) is 6.54 Å². The summed E-state index contributed by atoms with van der Waals surface area (Å²) < 4.78 is 13.4. The molecule has 0 heterocycles. The Hall–Kier alpha value is -1.91. The molecule has 0 saturated heterocycles. The van der Waals surface area contributed by atoms with Crippen LogP contribution in [0.25, 0.3) is 0 Å². The fourth-order valence-electron chi connectivity index (χ4n) is 1.93. The largest absolute Gasteiger partial charge is 0.350 e. The maximum absolute atomic E-state index is 13.4. The molecular weight excluding hydrogens is 247 g/mol. The van der Waals surface area contributed by atoms with E-state index in [2.05, 4.69) is 5.32 Å². The molecule has 1 aliphatic carbocycles. The normalized spacial score (nSPS) is 14.0. The van der Waals surface area contributed by atoms with E-state index in [0.29, 0.717) is 5.56 Å². The summed E-state index contributed by atoms with van der Waals surface area (Å²) in [6, 6.07) is 6.51. The molecular formula is C14H17FN2O2. The van der Waals surface area contributed by atoms with E-state index in [4.69, 9.17) is 0 Å². The van der Waals surface area contributed by atoms with E-state index in [-0.39, 0.29) is 36.8 Å². The van der Waals surface area contributed by atoms with E-state index in [1.54, 1.807) is 23.1 Å². The van der Waals surface area contributed by atoms with Crippen molar-refractivity contribution in [3.05, 3.63) is 35.6 Å². The van der Waals surface area contributed by atoms with E-state index in [1.165, 1.54) is 13.0 Å². The summed E-state index contributed by atoms with van der Waals surface area (Å²) in [5.41, 5.74) is 0.441. The molecule has 2 amide bonds. The van der Waals surface area contributed by atoms with Crippen LogP contribution in [0.5, 0.6) is 0 Å². The summed E-state index contributed by atoms with van der Waals surface area (Å²) in [6.45, 7) is 1.65. The fourth-order valence-corrected chi connectivity index (χ4v) is 1.93. The number of benzene rings is 1. The number of nitrogens with zero attached hydrogens (tertiary/aromatic N) is 1. The number of amides is 2. The van der Waals surface area contributed by atoms with Crippen molar-refractivity contribution in [2.24, 2.45) is 0 Å². The minimum absolute atomic E-state index is 0.0501. The van der Waals surface area contributed by atoms with Crippen molar-refractivity contribution in [2.45, 2.75) is 32.4 Å². The highest BCUT2D eigenvalue weighted by atomic mass is 19.1. The summed E-state index contributed by atoms with van der Waals surface area (Å²) >= 11 is 0. The first-order valence-corrected chi connectivity index (χ1v) is 6.35. The lowest BCUT2D eigenvalue weighted by molar-refractivity contribution is -0.134. The van der Waals surface area contributed by atoms with E-state index in [1.807, 2.05) is 0 Å². The Morgan fingerprint density at radius 2 is 2.05 bits per heavy atom. The lowest BCUT2D eigenvalue weighted by Crippen LogP contribution is -2.40. The van der Waals surface area contributed by atoms with Gasteiger partial charge < -0.3 is 10.2 Å². The Labute approximate surface area is 111 Å². The Kier molecular flexibility index (Phi) is 4.14. The Bertz CT molecular complexity index is 486. The van der Waals surface area contributed by atoms with Crippen LogP contribution in [0.4, 0.5) is 4.39 Å². The summed E-state index contributed by atoms with van der Waals surface area (Å²) in [7, 11) is 0. The van der Waals surface area contributed by atoms with Gasteiger partial charge in [-0.25, -0.2) is 4.39 Å². The van der Waals surface area contributed by atoms with E-state index < -0.39 is 0 Å². The van der Waals surface area contributed by atoms with Crippen LogP contribution >= 0.6 is 0 Å². The monoisotopic (exact) mass is 264 g/mol. The third-order valence-electron chi connectivity index (χ3n) is 3.14.